The summed E-state index contributed by atoms with van der Waals surface area (Å²) >= 11 is 0. The topological polar surface area (TPSA) is 104 Å². The third kappa shape index (κ3) is 6.76. The van der Waals surface area contributed by atoms with E-state index in [1.807, 2.05) is 0 Å². The standard InChI is InChI=1S/C20H33N3O5S2/c1-4-5-6-7-8-16-30(27,28)18-13-11-17(12-14-18)21-20(24)19-10-9-15-23(19)22(2)29(3,25)26/h11-14,19H,4-10,15-16H2,1-3H3,(H,21,24). The van der Waals surface area contributed by atoms with E-state index in [1.165, 1.54) is 19.2 Å². The minimum atomic E-state index is -3.45. The fourth-order valence-corrected chi connectivity index (χ4v) is 5.48. The first-order valence-corrected chi connectivity index (χ1v) is 13.9. The SMILES string of the molecule is CCCCCCCS(=O)(=O)c1ccc(NC(=O)C2CCCN2N(C)S(C)(=O)=O)cc1. The van der Waals surface area contributed by atoms with Gasteiger partial charge in [-0.15, -0.1) is 4.41 Å². The number of rotatable bonds is 11. The van der Waals surface area contributed by atoms with Gasteiger partial charge in [-0.05, 0) is 43.5 Å². The lowest BCUT2D eigenvalue weighted by molar-refractivity contribution is -0.123. The van der Waals surface area contributed by atoms with E-state index >= 15 is 0 Å². The van der Waals surface area contributed by atoms with Crippen molar-refractivity contribution < 1.29 is 21.6 Å². The number of sulfone groups is 1. The highest BCUT2D eigenvalue weighted by Crippen LogP contribution is 2.23. The molecule has 1 unspecified atom stereocenters. The average molecular weight is 460 g/mol. The molecule has 170 valence electrons. The molecule has 2 rings (SSSR count). The van der Waals surface area contributed by atoms with Crippen molar-refractivity contribution in [2.24, 2.45) is 0 Å². The number of sulfonamides is 1. The van der Waals surface area contributed by atoms with Crippen LogP contribution in [-0.2, 0) is 24.7 Å². The van der Waals surface area contributed by atoms with Crippen LogP contribution in [0.2, 0.25) is 0 Å². The number of anilines is 1. The van der Waals surface area contributed by atoms with Gasteiger partial charge >= 0.3 is 0 Å². The molecule has 1 aliphatic rings. The van der Waals surface area contributed by atoms with E-state index in [0.29, 0.717) is 31.5 Å². The third-order valence-corrected chi connectivity index (χ3v) is 8.35. The Morgan fingerprint density at radius 2 is 1.73 bits per heavy atom. The predicted molar refractivity (Wildman–Crippen MR) is 118 cm³/mol. The van der Waals surface area contributed by atoms with Gasteiger partial charge in [0.2, 0.25) is 15.9 Å². The van der Waals surface area contributed by atoms with Crippen molar-refractivity contribution in [1.29, 1.82) is 0 Å². The van der Waals surface area contributed by atoms with E-state index in [2.05, 4.69) is 12.2 Å². The van der Waals surface area contributed by atoms with Crippen LogP contribution in [0, 0.1) is 0 Å². The molecule has 0 radical (unpaired) electrons. The van der Waals surface area contributed by atoms with E-state index in [0.717, 1.165) is 36.4 Å². The molecule has 1 aromatic carbocycles. The Morgan fingerprint density at radius 1 is 1.10 bits per heavy atom. The van der Waals surface area contributed by atoms with Crippen molar-refractivity contribution in [3.63, 3.8) is 0 Å². The molecule has 8 nitrogen and oxygen atoms in total. The van der Waals surface area contributed by atoms with Crippen LogP contribution in [-0.4, -0.2) is 63.8 Å². The number of nitrogens with one attached hydrogen (secondary N) is 1. The number of hydrogen-bond donors (Lipinski definition) is 1. The molecule has 1 saturated heterocycles. The number of benzene rings is 1. The van der Waals surface area contributed by atoms with E-state index in [9.17, 15) is 21.6 Å². The molecule has 0 spiro atoms. The lowest BCUT2D eigenvalue weighted by atomic mass is 10.2. The minimum absolute atomic E-state index is 0.122. The summed E-state index contributed by atoms with van der Waals surface area (Å²) < 4.78 is 49.6. The largest absolute Gasteiger partial charge is 0.325 e. The second-order valence-electron chi connectivity index (χ2n) is 7.77. The summed E-state index contributed by atoms with van der Waals surface area (Å²) in [5.41, 5.74) is 0.482. The minimum Gasteiger partial charge on any atom is -0.325 e. The van der Waals surface area contributed by atoms with Gasteiger partial charge < -0.3 is 5.32 Å². The zero-order valence-electron chi connectivity index (χ0n) is 18.0. The second kappa shape index (κ2) is 10.7. The number of carbonyl (C=O) groups is 1. The normalized spacial score (nSPS) is 18.1. The number of amides is 1. The van der Waals surface area contributed by atoms with Crippen LogP contribution in [0.4, 0.5) is 5.69 Å². The zero-order chi connectivity index (χ0) is 22.4. The molecule has 0 bridgehead atoms. The van der Waals surface area contributed by atoms with Gasteiger partial charge in [-0.2, -0.15) is 0 Å². The van der Waals surface area contributed by atoms with Crippen molar-refractivity contribution in [3.8, 4) is 0 Å². The smallest absolute Gasteiger partial charge is 0.243 e. The van der Waals surface area contributed by atoms with Crippen molar-refractivity contribution >= 4 is 31.5 Å². The lowest BCUT2D eigenvalue weighted by Gasteiger charge is -2.30. The molecule has 0 aliphatic carbocycles. The highest BCUT2D eigenvalue weighted by molar-refractivity contribution is 7.91. The van der Waals surface area contributed by atoms with Gasteiger partial charge in [-0.25, -0.2) is 21.8 Å². The Labute approximate surface area is 180 Å². The Kier molecular flexibility index (Phi) is 8.84. The molecule has 1 aromatic rings. The maximum Gasteiger partial charge on any atom is 0.243 e. The molecule has 10 heteroatoms. The summed E-state index contributed by atoms with van der Waals surface area (Å²) in [5.74, 6) is -0.188. The summed E-state index contributed by atoms with van der Waals surface area (Å²) in [5, 5.41) is 4.31. The van der Waals surface area contributed by atoms with Crippen LogP contribution in [0.15, 0.2) is 29.2 Å². The van der Waals surface area contributed by atoms with E-state index < -0.39 is 25.9 Å². The Bertz CT molecular complexity index is 914. The van der Waals surface area contributed by atoms with Gasteiger partial charge in [0.1, 0.15) is 6.04 Å². The first kappa shape index (κ1) is 24.8. The second-order valence-corrected chi connectivity index (χ2v) is 11.9. The van der Waals surface area contributed by atoms with Crippen molar-refractivity contribution in [2.75, 3.05) is 30.9 Å². The van der Waals surface area contributed by atoms with Gasteiger partial charge in [0.05, 0.1) is 16.9 Å². The molecule has 1 aliphatic heterocycles. The molecule has 1 heterocycles. The van der Waals surface area contributed by atoms with Crippen LogP contribution in [0.3, 0.4) is 0 Å². The number of unbranched alkanes of at least 4 members (excludes halogenated alkanes) is 4. The maximum atomic E-state index is 12.7. The van der Waals surface area contributed by atoms with E-state index in [1.54, 1.807) is 17.1 Å². The van der Waals surface area contributed by atoms with E-state index in [4.69, 9.17) is 0 Å². The highest BCUT2D eigenvalue weighted by atomic mass is 32.2. The molecule has 1 fully saturated rings. The number of hydrogen-bond acceptors (Lipinski definition) is 6. The fraction of sp³-hybridized carbons (Fsp3) is 0.650. The van der Waals surface area contributed by atoms with Crippen LogP contribution in [0.25, 0.3) is 0 Å². The third-order valence-electron chi connectivity index (χ3n) is 5.37. The van der Waals surface area contributed by atoms with Crippen LogP contribution in [0.1, 0.15) is 51.9 Å². The fourth-order valence-electron chi connectivity index (χ4n) is 3.53. The molecular weight excluding hydrogens is 426 g/mol. The van der Waals surface area contributed by atoms with Crippen molar-refractivity contribution in [3.05, 3.63) is 24.3 Å². The van der Waals surface area contributed by atoms with Crippen LogP contribution < -0.4 is 5.32 Å². The molecule has 0 aromatic heterocycles. The molecular formula is C20H33N3O5S2. The molecule has 0 saturated carbocycles. The quantitative estimate of drug-likeness (QED) is 0.510. The summed E-state index contributed by atoms with van der Waals surface area (Å²) in [4.78, 5) is 12.9. The van der Waals surface area contributed by atoms with Gasteiger partial charge in [0.25, 0.3) is 0 Å². The van der Waals surface area contributed by atoms with Gasteiger partial charge in [0.15, 0.2) is 9.84 Å². The Hall–Kier alpha value is -1.49. The average Bonchev–Trinajstić information content (AvgIpc) is 3.16. The summed E-state index contributed by atoms with van der Waals surface area (Å²) in [6.07, 6.45) is 7.19. The van der Waals surface area contributed by atoms with Gasteiger partial charge in [-0.3, -0.25) is 4.79 Å². The van der Waals surface area contributed by atoms with Crippen molar-refractivity contribution in [2.45, 2.75) is 62.8 Å². The summed E-state index contributed by atoms with van der Waals surface area (Å²) in [7, 11) is -5.35. The predicted octanol–water partition coefficient (Wildman–Crippen LogP) is 2.64. The highest BCUT2D eigenvalue weighted by Gasteiger charge is 2.36. The number of carbonyl (C=O) groups excluding carboxylic acids is 1. The van der Waals surface area contributed by atoms with Gasteiger partial charge in [-0.1, -0.05) is 32.6 Å². The van der Waals surface area contributed by atoms with E-state index in [-0.39, 0.29) is 16.6 Å². The summed E-state index contributed by atoms with van der Waals surface area (Å²) in [6.45, 7) is 2.60. The molecule has 30 heavy (non-hydrogen) atoms. The number of hydrazine groups is 1. The molecule has 1 atom stereocenters. The Morgan fingerprint density at radius 3 is 2.33 bits per heavy atom. The summed E-state index contributed by atoms with van der Waals surface area (Å²) in [6, 6.07) is 5.57. The van der Waals surface area contributed by atoms with Crippen molar-refractivity contribution in [1.82, 2.24) is 9.42 Å². The zero-order valence-corrected chi connectivity index (χ0v) is 19.6. The Balaban J connectivity index is 1.97. The first-order valence-electron chi connectivity index (χ1n) is 10.4. The first-order chi connectivity index (χ1) is 14.1. The maximum absolute atomic E-state index is 12.7. The van der Waals surface area contributed by atoms with Gasteiger partial charge in [0, 0.05) is 19.3 Å². The lowest BCUT2D eigenvalue weighted by Crippen LogP contribution is -2.50. The molecule has 1 N–H and O–H groups in total. The molecule has 1 amide bonds. The van der Waals surface area contributed by atoms with Crippen LogP contribution >= 0.6 is 0 Å². The van der Waals surface area contributed by atoms with Crippen LogP contribution in [0.5, 0.6) is 0 Å². The monoisotopic (exact) mass is 459 g/mol. The number of nitrogens with zero attached hydrogens (tertiary/aromatic N) is 2.